The molecule has 1 aromatic carbocycles. The first kappa shape index (κ1) is 30.5. The van der Waals surface area contributed by atoms with Gasteiger partial charge in [-0.3, -0.25) is 19.3 Å². The summed E-state index contributed by atoms with van der Waals surface area (Å²) >= 11 is 0. The van der Waals surface area contributed by atoms with E-state index in [1.165, 1.54) is 24.3 Å². The Kier molecular flexibility index (Phi) is 11.3. The van der Waals surface area contributed by atoms with E-state index < -0.39 is 6.04 Å². The van der Waals surface area contributed by atoms with Gasteiger partial charge >= 0.3 is 0 Å². The highest BCUT2D eigenvalue weighted by molar-refractivity contribution is 6.03. The van der Waals surface area contributed by atoms with Crippen LogP contribution in [0.3, 0.4) is 0 Å². The molecule has 0 radical (unpaired) electrons. The summed E-state index contributed by atoms with van der Waals surface area (Å²) in [6.07, 6.45) is 4.65. The molecule has 1 aliphatic heterocycles. The van der Waals surface area contributed by atoms with E-state index in [-0.39, 0.29) is 53.5 Å². The number of hydrogen-bond donors (Lipinski definition) is 2. The highest BCUT2D eigenvalue weighted by Crippen LogP contribution is 2.22. The second kappa shape index (κ2) is 13.7. The molecule has 3 atom stereocenters. The zero-order chi connectivity index (χ0) is 27.9. The molecule has 0 aromatic heterocycles. The molecule has 1 saturated heterocycles. The molecule has 8 heteroatoms. The van der Waals surface area contributed by atoms with Crippen LogP contribution >= 0.6 is 0 Å². The van der Waals surface area contributed by atoms with Gasteiger partial charge in [-0.25, -0.2) is 4.39 Å². The normalized spacial score (nSPS) is 18.6. The van der Waals surface area contributed by atoms with Crippen LogP contribution in [0.4, 0.5) is 10.1 Å². The molecule has 1 heterocycles. The molecular formula is C29H45FN4O3. The molecule has 2 rings (SSSR count). The topological polar surface area (TPSA) is 81.8 Å². The van der Waals surface area contributed by atoms with Crippen molar-refractivity contribution in [1.82, 2.24) is 15.1 Å². The maximum absolute atomic E-state index is 13.7. The Morgan fingerprint density at radius 3 is 2.19 bits per heavy atom. The summed E-state index contributed by atoms with van der Waals surface area (Å²) in [6, 6.07) is 4.57. The zero-order valence-electron chi connectivity index (χ0n) is 23.7. The third-order valence-corrected chi connectivity index (χ3v) is 7.10. The molecule has 37 heavy (non-hydrogen) atoms. The van der Waals surface area contributed by atoms with Crippen LogP contribution in [0.5, 0.6) is 0 Å². The average Bonchev–Trinajstić information content (AvgIpc) is 2.85. The molecule has 3 amide bonds. The summed E-state index contributed by atoms with van der Waals surface area (Å²) in [4.78, 5) is 43.6. The lowest BCUT2D eigenvalue weighted by Gasteiger charge is -2.39. The smallest absolute Gasteiger partial charge is 0.251 e. The van der Waals surface area contributed by atoms with E-state index in [2.05, 4.69) is 29.4 Å². The summed E-state index contributed by atoms with van der Waals surface area (Å²) in [6.45, 7) is 14.6. The number of hydrogen-bond acceptors (Lipinski definition) is 4. The Morgan fingerprint density at radius 1 is 1.03 bits per heavy atom. The van der Waals surface area contributed by atoms with Crippen molar-refractivity contribution in [2.24, 2.45) is 11.8 Å². The minimum atomic E-state index is -0.670. The Hall–Kier alpha value is -2.74. The van der Waals surface area contributed by atoms with Crippen molar-refractivity contribution in [3.8, 4) is 0 Å². The molecule has 0 aliphatic carbocycles. The van der Waals surface area contributed by atoms with Gasteiger partial charge in [-0.05, 0) is 76.3 Å². The molecule has 1 aliphatic rings. The number of anilines is 1. The summed E-state index contributed by atoms with van der Waals surface area (Å²) in [5.74, 6) is -1.05. The van der Waals surface area contributed by atoms with Crippen LogP contribution in [0.15, 0.2) is 35.9 Å². The Morgan fingerprint density at radius 2 is 1.65 bits per heavy atom. The fourth-order valence-corrected chi connectivity index (χ4v) is 4.83. The van der Waals surface area contributed by atoms with Crippen LogP contribution in [0, 0.1) is 17.7 Å². The summed E-state index contributed by atoms with van der Waals surface area (Å²) in [5.41, 5.74) is 0.938. The number of likely N-dealkylation sites (tertiary alicyclic amines) is 1. The molecular weight excluding hydrogens is 471 g/mol. The molecule has 1 fully saturated rings. The maximum atomic E-state index is 13.7. The number of nitrogens with one attached hydrogen (secondary N) is 2. The van der Waals surface area contributed by atoms with Gasteiger partial charge in [-0.2, -0.15) is 0 Å². The molecule has 0 spiro atoms. The first-order valence-electron chi connectivity index (χ1n) is 13.4. The predicted molar refractivity (Wildman–Crippen MR) is 146 cm³/mol. The Labute approximate surface area is 221 Å². The fourth-order valence-electron chi connectivity index (χ4n) is 4.83. The third-order valence-electron chi connectivity index (χ3n) is 7.10. The van der Waals surface area contributed by atoms with Crippen molar-refractivity contribution in [2.45, 2.75) is 91.9 Å². The lowest BCUT2D eigenvalue weighted by Crippen LogP contribution is -2.58. The van der Waals surface area contributed by atoms with Crippen LogP contribution in [0.25, 0.3) is 0 Å². The van der Waals surface area contributed by atoms with Crippen LogP contribution in [0.1, 0.15) is 67.7 Å². The summed E-state index contributed by atoms with van der Waals surface area (Å²) in [5, 5.41) is 5.82. The molecule has 2 N–H and O–H groups in total. The van der Waals surface area contributed by atoms with Gasteiger partial charge in [0, 0.05) is 24.4 Å². The van der Waals surface area contributed by atoms with E-state index in [9.17, 15) is 18.8 Å². The second-order valence-corrected chi connectivity index (χ2v) is 11.1. The second-order valence-electron chi connectivity index (χ2n) is 11.1. The fraction of sp³-hybridized carbons (Fsp3) is 0.621. The highest BCUT2D eigenvalue weighted by atomic mass is 19.1. The summed E-state index contributed by atoms with van der Waals surface area (Å²) in [7, 11) is 1.72. The van der Waals surface area contributed by atoms with Gasteiger partial charge in [0.05, 0.1) is 12.1 Å². The van der Waals surface area contributed by atoms with Crippen LogP contribution in [0.2, 0.25) is 0 Å². The van der Waals surface area contributed by atoms with Crippen LogP contribution in [-0.4, -0.2) is 65.3 Å². The SMILES string of the molecule is C/C(=C\[C@H](C(C)C)N(C)C(=O)[C@@H](NC(=O)C1CCCCN1C(C)C)C(C)C)C(=O)Nc1ccc(F)cc1. The van der Waals surface area contributed by atoms with Crippen molar-refractivity contribution < 1.29 is 18.8 Å². The van der Waals surface area contributed by atoms with E-state index in [0.717, 1.165) is 25.8 Å². The predicted octanol–water partition coefficient (Wildman–Crippen LogP) is 4.60. The van der Waals surface area contributed by atoms with E-state index in [4.69, 9.17) is 0 Å². The van der Waals surface area contributed by atoms with Crippen molar-refractivity contribution in [3.63, 3.8) is 0 Å². The van der Waals surface area contributed by atoms with E-state index in [1.807, 2.05) is 27.7 Å². The number of carbonyl (C=O) groups is 3. The molecule has 7 nitrogen and oxygen atoms in total. The number of carbonyl (C=O) groups excluding carboxylic acids is 3. The van der Waals surface area contributed by atoms with E-state index in [0.29, 0.717) is 11.3 Å². The first-order chi connectivity index (χ1) is 17.3. The largest absolute Gasteiger partial charge is 0.343 e. The highest BCUT2D eigenvalue weighted by Gasteiger charge is 2.36. The Balaban J connectivity index is 2.17. The lowest BCUT2D eigenvalue weighted by molar-refractivity contribution is -0.140. The van der Waals surface area contributed by atoms with Crippen LogP contribution < -0.4 is 10.6 Å². The van der Waals surface area contributed by atoms with Gasteiger partial charge in [0.1, 0.15) is 11.9 Å². The molecule has 1 unspecified atom stereocenters. The first-order valence-corrected chi connectivity index (χ1v) is 13.4. The maximum Gasteiger partial charge on any atom is 0.251 e. The number of amides is 3. The van der Waals surface area contributed by atoms with Crippen molar-refractivity contribution in [2.75, 3.05) is 18.9 Å². The molecule has 206 valence electrons. The Bertz CT molecular complexity index is 958. The van der Waals surface area contributed by atoms with Gasteiger partial charge in [0.25, 0.3) is 5.91 Å². The van der Waals surface area contributed by atoms with Crippen molar-refractivity contribution in [3.05, 3.63) is 41.7 Å². The number of likely N-dealkylation sites (N-methyl/N-ethyl adjacent to an activating group) is 1. The number of benzene rings is 1. The molecule has 1 aromatic rings. The van der Waals surface area contributed by atoms with Crippen molar-refractivity contribution >= 4 is 23.4 Å². The number of rotatable bonds is 10. The van der Waals surface area contributed by atoms with Gasteiger partial charge in [-0.1, -0.05) is 40.2 Å². The minimum Gasteiger partial charge on any atom is -0.343 e. The van der Waals surface area contributed by atoms with E-state index in [1.54, 1.807) is 24.9 Å². The number of piperidine rings is 1. The van der Waals surface area contributed by atoms with Gasteiger partial charge in [0.2, 0.25) is 11.8 Å². The monoisotopic (exact) mass is 516 g/mol. The number of nitrogens with zero attached hydrogens (tertiary/aromatic N) is 2. The van der Waals surface area contributed by atoms with Crippen molar-refractivity contribution in [1.29, 1.82) is 0 Å². The van der Waals surface area contributed by atoms with E-state index >= 15 is 0 Å². The average molecular weight is 517 g/mol. The van der Waals surface area contributed by atoms with Gasteiger partial charge in [0.15, 0.2) is 0 Å². The summed E-state index contributed by atoms with van der Waals surface area (Å²) < 4.78 is 13.2. The van der Waals surface area contributed by atoms with Gasteiger partial charge in [-0.15, -0.1) is 0 Å². The third kappa shape index (κ3) is 8.38. The molecule has 0 bridgehead atoms. The van der Waals surface area contributed by atoms with Gasteiger partial charge < -0.3 is 15.5 Å². The lowest BCUT2D eigenvalue weighted by atomic mass is 9.95. The number of halogens is 1. The zero-order valence-corrected chi connectivity index (χ0v) is 23.7. The quantitative estimate of drug-likeness (QED) is 0.446. The standard InChI is InChI=1S/C29H45FN4O3/c1-18(2)25(17-21(7)27(35)31-23-14-12-22(30)13-15-23)33(8)29(37)26(19(3)4)32-28(36)24-11-9-10-16-34(24)20(5)6/h12-15,17-20,24-26H,9-11,16H2,1-8H3,(H,31,35)(H,32,36)/b21-17+/t24?,25-,26+/m1/s1. The van der Waals surface area contributed by atoms with Crippen LogP contribution in [-0.2, 0) is 14.4 Å². The minimum absolute atomic E-state index is 0.0285. The molecule has 0 saturated carbocycles.